The predicted octanol–water partition coefficient (Wildman–Crippen LogP) is 4.10. The van der Waals surface area contributed by atoms with Crippen molar-refractivity contribution in [3.05, 3.63) is 64.2 Å². The van der Waals surface area contributed by atoms with Gasteiger partial charge in [-0.1, -0.05) is 25.1 Å². The quantitative estimate of drug-likeness (QED) is 0.707. The van der Waals surface area contributed by atoms with E-state index in [0.29, 0.717) is 11.3 Å². The summed E-state index contributed by atoms with van der Waals surface area (Å²) in [5.74, 6) is -0.305. The normalized spacial score (nSPS) is 14.1. The molecule has 1 atom stereocenters. The molecule has 120 valence electrons. The van der Waals surface area contributed by atoms with Gasteiger partial charge in [-0.15, -0.1) is 0 Å². The molecule has 0 radical (unpaired) electrons. The van der Waals surface area contributed by atoms with Gasteiger partial charge >= 0.3 is 0 Å². The Morgan fingerprint density at radius 1 is 1.26 bits per heavy atom. The number of hydrogen-bond donors (Lipinski definition) is 2. The minimum absolute atomic E-state index is 0.100. The molecule has 23 heavy (non-hydrogen) atoms. The van der Waals surface area contributed by atoms with E-state index in [1.165, 1.54) is 12.1 Å². The average Bonchev–Trinajstić information content (AvgIpc) is 2.82. The molecule has 0 saturated heterocycles. The van der Waals surface area contributed by atoms with Gasteiger partial charge < -0.3 is 14.7 Å². The maximum Gasteiger partial charge on any atom is 0.178 e. The fourth-order valence-electron chi connectivity index (χ4n) is 2.88. The number of aryl methyl sites for hydroxylation is 1. The third-order valence-electron chi connectivity index (χ3n) is 4.31. The maximum atomic E-state index is 13.6. The summed E-state index contributed by atoms with van der Waals surface area (Å²) in [6, 6.07) is 12.5. The molecular weight excluding hydrogens is 311 g/mol. The Bertz CT molecular complexity index is 915. The van der Waals surface area contributed by atoms with Crippen molar-refractivity contribution in [2.45, 2.75) is 25.8 Å². The molecule has 0 aliphatic rings. The molecular formula is C18H19FN2OS. The van der Waals surface area contributed by atoms with Crippen LogP contribution in [0.1, 0.15) is 18.1 Å². The number of hydrogen-bond acceptors (Lipinski definition) is 2. The summed E-state index contributed by atoms with van der Waals surface area (Å²) in [6.07, 6.45) is 0. The molecule has 3 aromatic rings. The van der Waals surface area contributed by atoms with Gasteiger partial charge in [0, 0.05) is 12.0 Å². The molecule has 0 amide bonds. The number of fused-ring (bicyclic) bond motifs is 1. The van der Waals surface area contributed by atoms with Crippen molar-refractivity contribution in [2.75, 3.05) is 6.61 Å². The van der Waals surface area contributed by atoms with Gasteiger partial charge in [-0.2, -0.15) is 0 Å². The van der Waals surface area contributed by atoms with Crippen LogP contribution in [-0.4, -0.2) is 21.3 Å². The number of benzene rings is 2. The van der Waals surface area contributed by atoms with Gasteiger partial charge in [0.2, 0.25) is 0 Å². The van der Waals surface area contributed by atoms with Crippen LogP contribution in [0, 0.1) is 17.5 Å². The number of aliphatic hydroxyl groups is 1. The zero-order valence-electron chi connectivity index (χ0n) is 13.1. The van der Waals surface area contributed by atoms with Gasteiger partial charge in [0.25, 0.3) is 0 Å². The molecule has 1 heterocycles. The molecule has 5 heteroatoms. The van der Waals surface area contributed by atoms with Crippen molar-refractivity contribution >= 4 is 23.3 Å². The van der Waals surface area contributed by atoms with Crippen molar-refractivity contribution in [2.24, 2.45) is 0 Å². The van der Waals surface area contributed by atoms with Crippen molar-refractivity contribution in [1.29, 1.82) is 0 Å². The van der Waals surface area contributed by atoms with Crippen LogP contribution in [0.3, 0.4) is 0 Å². The lowest BCUT2D eigenvalue weighted by molar-refractivity contribution is 0.189. The first-order valence-electron chi connectivity index (χ1n) is 7.49. The first-order chi connectivity index (χ1) is 10.9. The number of rotatable bonds is 4. The molecule has 1 unspecified atom stereocenters. The molecule has 1 aromatic heterocycles. The Morgan fingerprint density at radius 2 is 2.04 bits per heavy atom. The Labute approximate surface area is 139 Å². The van der Waals surface area contributed by atoms with Crippen LogP contribution >= 0.6 is 12.2 Å². The van der Waals surface area contributed by atoms with Crippen LogP contribution in [-0.2, 0) is 12.0 Å². The van der Waals surface area contributed by atoms with Crippen LogP contribution < -0.4 is 0 Å². The Balaban J connectivity index is 2.09. The van der Waals surface area contributed by atoms with Gasteiger partial charge in [0.15, 0.2) is 4.77 Å². The third-order valence-corrected chi connectivity index (χ3v) is 4.63. The monoisotopic (exact) mass is 330 g/mol. The summed E-state index contributed by atoms with van der Waals surface area (Å²) < 4.78 is 16.1. The van der Waals surface area contributed by atoms with Crippen molar-refractivity contribution in [3.63, 3.8) is 0 Å². The highest BCUT2D eigenvalue weighted by Crippen LogP contribution is 2.28. The molecule has 2 aromatic carbocycles. The summed E-state index contributed by atoms with van der Waals surface area (Å²) in [5.41, 5.74) is 3.23. The summed E-state index contributed by atoms with van der Waals surface area (Å²) in [5, 5.41) is 9.96. The van der Waals surface area contributed by atoms with Crippen molar-refractivity contribution in [3.8, 4) is 0 Å². The Kier molecular flexibility index (Phi) is 4.08. The molecule has 0 bridgehead atoms. The highest BCUT2D eigenvalue weighted by Gasteiger charge is 2.28. The molecule has 0 fully saturated rings. The number of imidazole rings is 1. The Morgan fingerprint density at radius 3 is 2.74 bits per heavy atom. The Hall–Kier alpha value is -1.98. The topological polar surface area (TPSA) is 41.0 Å². The zero-order valence-corrected chi connectivity index (χ0v) is 14.0. The summed E-state index contributed by atoms with van der Waals surface area (Å²) >= 11 is 5.44. The van der Waals surface area contributed by atoms with Crippen LogP contribution in [0.4, 0.5) is 4.39 Å². The van der Waals surface area contributed by atoms with Crippen LogP contribution in [0.2, 0.25) is 0 Å². The van der Waals surface area contributed by atoms with Crippen LogP contribution in [0.25, 0.3) is 11.0 Å². The van der Waals surface area contributed by atoms with E-state index in [0.717, 1.165) is 22.2 Å². The largest absolute Gasteiger partial charge is 0.395 e. The number of H-pyrrole nitrogens is 1. The van der Waals surface area contributed by atoms with Gasteiger partial charge in [0.05, 0.1) is 17.6 Å². The summed E-state index contributed by atoms with van der Waals surface area (Å²) in [6.45, 7) is 4.31. The minimum Gasteiger partial charge on any atom is -0.395 e. The number of aromatic nitrogens is 2. The fourth-order valence-corrected chi connectivity index (χ4v) is 3.15. The first-order valence-corrected chi connectivity index (χ1v) is 7.90. The van der Waals surface area contributed by atoms with E-state index in [1.807, 2.05) is 42.7 Å². The summed E-state index contributed by atoms with van der Waals surface area (Å²) in [4.78, 5) is 3.20. The van der Waals surface area contributed by atoms with E-state index in [2.05, 4.69) is 4.98 Å². The lowest BCUT2D eigenvalue weighted by Crippen LogP contribution is -2.32. The number of aliphatic hydroxyl groups excluding tert-OH is 1. The van der Waals surface area contributed by atoms with Crippen molar-refractivity contribution in [1.82, 2.24) is 9.55 Å². The number of aromatic amines is 1. The van der Waals surface area contributed by atoms with E-state index < -0.39 is 5.41 Å². The SMILES string of the molecule is Cc1ccc2c(c1)[nH]c(=S)n2CC(C)(CO)c1cccc(F)c1. The van der Waals surface area contributed by atoms with E-state index >= 15 is 0 Å². The fraction of sp³-hybridized carbons (Fsp3) is 0.278. The second-order valence-electron chi connectivity index (χ2n) is 6.27. The standard InChI is InChI=1S/C18H19FN2OS/c1-12-6-7-16-15(8-12)20-17(23)21(16)10-18(2,11-22)13-4-3-5-14(19)9-13/h3-9,22H,10-11H2,1-2H3,(H,20,23). The average molecular weight is 330 g/mol. The third kappa shape index (κ3) is 2.94. The smallest absolute Gasteiger partial charge is 0.178 e. The minimum atomic E-state index is -0.625. The molecule has 0 saturated carbocycles. The van der Waals surface area contributed by atoms with Gasteiger partial charge in [-0.3, -0.25) is 0 Å². The second kappa shape index (κ2) is 5.91. The molecule has 0 spiro atoms. The number of halogens is 1. The first kappa shape index (κ1) is 15.9. The van der Waals surface area contributed by atoms with E-state index in [-0.39, 0.29) is 12.4 Å². The van der Waals surface area contributed by atoms with Crippen LogP contribution in [0.15, 0.2) is 42.5 Å². The highest BCUT2D eigenvalue weighted by atomic mass is 32.1. The maximum absolute atomic E-state index is 13.6. The predicted molar refractivity (Wildman–Crippen MR) is 92.7 cm³/mol. The number of nitrogens with zero attached hydrogens (tertiary/aromatic N) is 1. The van der Waals surface area contributed by atoms with E-state index in [1.54, 1.807) is 6.07 Å². The number of nitrogens with one attached hydrogen (secondary N) is 1. The molecule has 3 nitrogen and oxygen atoms in total. The van der Waals surface area contributed by atoms with E-state index in [4.69, 9.17) is 12.2 Å². The second-order valence-corrected chi connectivity index (χ2v) is 6.65. The summed E-state index contributed by atoms with van der Waals surface area (Å²) in [7, 11) is 0. The van der Waals surface area contributed by atoms with Gasteiger partial charge in [-0.25, -0.2) is 4.39 Å². The molecule has 0 aliphatic carbocycles. The molecule has 3 rings (SSSR count). The van der Waals surface area contributed by atoms with Crippen LogP contribution in [0.5, 0.6) is 0 Å². The molecule has 2 N–H and O–H groups in total. The van der Waals surface area contributed by atoms with Gasteiger partial charge in [-0.05, 0) is 54.5 Å². The lowest BCUT2D eigenvalue weighted by Gasteiger charge is -2.28. The van der Waals surface area contributed by atoms with Gasteiger partial charge in [0.1, 0.15) is 5.82 Å². The zero-order chi connectivity index (χ0) is 16.6. The lowest BCUT2D eigenvalue weighted by atomic mass is 9.83. The molecule has 0 aliphatic heterocycles. The van der Waals surface area contributed by atoms with E-state index in [9.17, 15) is 9.50 Å². The highest BCUT2D eigenvalue weighted by molar-refractivity contribution is 7.71. The van der Waals surface area contributed by atoms with Crippen molar-refractivity contribution < 1.29 is 9.50 Å².